The molecule has 0 unspecified atom stereocenters. The molecule has 0 saturated carbocycles. The summed E-state index contributed by atoms with van der Waals surface area (Å²) in [7, 11) is 0. The highest BCUT2D eigenvalue weighted by Crippen LogP contribution is 2.35. The molecule has 0 aliphatic carbocycles. The van der Waals surface area contributed by atoms with Crippen LogP contribution in [0.5, 0.6) is 0 Å². The lowest BCUT2D eigenvalue weighted by Gasteiger charge is -2.54. The molecule has 1 aromatic rings. The SMILES string of the molecule is O=C(c1ccc(N2CCOCC2)nc1)N1CC[C@H]2[C@@H](C1)CN2C(=O)C1CCOCC1. The van der Waals surface area contributed by atoms with Crippen molar-refractivity contribution in [1.82, 2.24) is 14.8 Å². The summed E-state index contributed by atoms with van der Waals surface area (Å²) >= 11 is 0. The number of carbonyl (C=O) groups excluding carboxylic acids is 2. The Bertz CT molecular complexity index is 774. The zero-order chi connectivity index (χ0) is 20.5. The number of aromatic nitrogens is 1. The maximum Gasteiger partial charge on any atom is 0.255 e. The molecule has 1 aromatic heterocycles. The van der Waals surface area contributed by atoms with Gasteiger partial charge >= 0.3 is 0 Å². The highest BCUT2D eigenvalue weighted by molar-refractivity contribution is 5.94. The Balaban J connectivity index is 1.16. The van der Waals surface area contributed by atoms with Crippen LogP contribution in [0.4, 0.5) is 5.82 Å². The summed E-state index contributed by atoms with van der Waals surface area (Å²) < 4.78 is 10.8. The van der Waals surface area contributed by atoms with Crippen LogP contribution in [0.2, 0.25) is 0 Å². The topological polar surface area (TPSA) is 75.2 Å². The number of ether oxygens (including phenoxy) is 2. The fourth-order valence-electron chi connectivity index (χ4n) is 5.15. The van der Waals surface area contributed by atoms with E-state index in [-0.39, 0.29) is 11.8 Å². The van der Waals surface area contributed by atoms with Gasteiger partial charge in [-0.2, -0.15) is 0 Å². The van der Waals surface area contributed by atoms with E-state index in [0.29, 0.717) is 56.4 Å². The number of piperidine rings is 1. The molecule has 4 saturated heterocycles. The Kier molecular flexibility index (Phi) is 5.60. The van der Waals surface area contributed by atoms with E-state index in [1.807, 2.05) is 17.0 Å². The van der Waals surface area contributed by atoms with E-state index < -0.39 is 0 Å². The van der Waals surface area contributed by atoms with Crippen molar-refractivity contribution in [2.75, 3.05) is 64.1 Å². The molecule has 0 bridgehead atoms. The number of fused-ring (bicyclic) bond motifs is 1. The fraction of sp³-hybridized carbons (Fsp3) is 0.682. The minimum absolute atomic E-state index is 0.0451. The van der Waals surface area contributed by atoms with Crippen molar-refractivity contribution in [2.24, 2.45) is 11.8 Å². The first-order chi connectivity index (χ1) is 14.7. The molecule has 0 N–H and O–H groups in total. The first-order valence-corrected chi connectivity index (χ1v) is 11.2. The van der Waals surface area contributed by atoms with Gasteiger partial charge in [-0.15, -0.1) is 0 Å². The number of pyridine rings is 1. The van der Waals surface area contributed by atoms with E-state index in [1.54, 1.807) is 6.20 Å². The minimum atomic E-state index is 0.0451. The van der Waals surface area contributed by atoms with E-state index in [0.717, 1.165) is 51.3 Å². The maximum absolute atomic E-state index is 13.0. The van der Waals surface area contributed by atoms with Crippen molar-refractivity contribution in [3.63, 3.8) is 0 Å². The van der Waals surface area contributed by atoms with Crippen LogP contribution in [0.1, 0.15) is 29.6 Å². The van der Waals surface area contributed by atoms with Gasteiger partial charge in [-0.25, -0.2) is 4.98 Å². The number of anilines is 1. The first kappa shape index (κ1) is 19.8. The van der Waals surface area contributed by atoms with Crippen LogP contribution in [-0.4, -0.2) is 91.8 Å². The number of rotatable bonds is 3. The molecule has 4 aliphatic heterocycles. The molecule has 0 aromatic carbocycles. The Hall–Kier alpha value is -2.19. The summed E-state index contributed by atoms with van der Waals surface area (Å²) in [5.74, 6) is 1.75. The quantitative estimate of drug-likeness (QED) is 0.735. The molecule has 5 rings (SSSR count). The smallest absolute Gasteiger partial charge is 0.255 e. The number of likely N-dealkylation sites (tertiary alicyclic amines) is 2. The summed E-state index contributed by atoms with van der Waals surface area (Å²) in [6.07, 6.45) is 4.24. The third-order valence-corrected chi connectivity index (χ3v) is 7.00. The van der Waals surface area contributed by atoms with Crippen LogP contribution >= 0.6 is 0 Å². The van der Waals surface area contributed by atoms with Crippen LogP contribution in [0.15, 0.2) is 18.3 Å². The summed E-state index contributed by atoms with van der Waals surface area (Å²) in [4.78, 5) is 36.5. The largest absolute Gasteiger partial charge is 0.381 e. The number of amides is 2. The van der Waals surface area contributed by atoms with Crippen molar-refractivity contribution >= 4 is 17.6 Å². The van der Waals surface area contributed by atoms with Gasteiger partial charge in [-0.3, -0.25) is 9.59 Å². The average Bonchev–Trinajstić information content (AvgIpc) is 2.80. The number of hydrogen-bond acceptors (Lipinski definition) is 6. The Labute approximate surface area is 177 Å². The van der Waals surface area contributed by atoms with Crippen molar-refractivity contribution in [2.45, 2.75) is 25.3 Å². The van der Waals surface area contributed by atoms with Gasteiger partial charge in [0.15, 0.2) is 0 Å². The third-order valence-electron chi connectivity index (χ3n) is 7.00. The van der Waals surface area contributed by atoms with E-state index in [4.69, 9.17) is 9.47 Å². The van der Waals surface area contributed by atoms with Crippen LogP contribution in [-0.2, 0) is 14.3 Å². The minimum Gasteiger partial charge on any atom is -0.381 e. The molecule has 2 amide bonds. The lowest BCUT2D eigenvalue weighted by molar-refractivity contribution is -0.154. The predicted molar refractivity (Wildman–Crippen MR) is 110 cm³/mol. The Morgan fingerprint density at radius 3 is 2.40 bits per heavy atom. The second-order valence-electron chi connectivity index (χ2n) is 8.75. The molecule has 2 atom stereocenters. The number of hydrogen-bond donors (Lipinski definition) is 0. The summed E-state index contributed by atoms with van der Waals surface area (Å²) in [6.45, 7) is 6.68. The Morgan fingerprint density at radius 1 is 0.933 bits per heavy atom. The fourth-order valence-corrected chi connectivity index (χ4v) is 5.15. The second-order valence-corrected chi connectivity index (χ2v) is 8.75. The lowest BCUT2D eigenvalue weighted by atomic mass is 9.80. The number of carbonyl (C=O) groups is 2. The molecule has 8 heteroatoms. The van der Waals surface area contributed by atoms with E-state index in [2.05, 4.69) is 14.8 Å². The summed E-state index contributed by atoms with van der Waals surface area (Å²) in [5, 5.41) is 0. The van der Waals surface area contributed by atoms with Gasteiger partial charge in [0.25, 0.3) is 5.91 Å². The van der Waals surface area contributed by atoms with Crippen molar-refractivity contribution in [1.29, 1.82) is 0 Å². The van der Waals surface area contributed by atoms with Gasteiger partial charge in [0.05, 0.1) is 18.8 Å². The van der Waals surface area contributed by atoms with Gasteiger partial charge in [-0.1, -0.05) is 0 Å². The second kappa shape index (κ2) is 8.51. The van der Waals surface area contributed by atoms with Crippen LogP contribution in [0, 0.1) is 11.8 Å². The van der Waals surface area contributed by atoms with Crippen molar-refractivity contribution < 1.29 is 19.1 Å². The molecule has 0 spiro atoms. The van der Waals surface area contributed by atoms with Crippen LogP contribution < -0.4 is 4.90 Å². The zero-order valence-electron chi connectivity index (χ0n) is 17.4. The van der Waals surface area contributed by atoms with Gasteiger partial charge < -0.3 is 24.2 Å². The van der Waals surface area contributed by atoms with Crippen LogP contribution in [0.3, 0.4) is 0 Å². The monoisotopic (exact) mass is 414 g/mol. The molecule has 4 fully saturated rings. The maximum atomic E-state index is 13.0. The van der Waals surface area contributed by atoms with Gasteiger partial charge in [0.1, 0.15) is 5.82 Å². The molecule has 8 nitrogen and oxygen atoms in total. The van der Waals surface area contributed by atoms with E-state index in [9.17, 15) is 9.59 Å². The molecule has 162 valence electrons. The average molecular weight is 415 g/mol. The zero-order valence-corrected chi connectivity index (χ0v) is 17.4. The summed E-state index contributed by atoms with van der Waals surface area (Å²) in [6, 6.07) is 4.11. The standard InChI is InChI=1S/C22H30N4O4/c27-21(17-1-2-20(23-13-17)24-7-11-30-12-8-24)25-6-3-19-18(14-25)15-26(19)22(28)16-4-9-29-10-5-16/h1-2,13,16,18-19H,3-12,14-15H2/t18-,19-/m0/s1. The van der Waals surface area contributed by atoms with Crippen molar-refractivity contribution in [3.05, 3.63) is 23.9 Å². The Morgan fingerprint density at radius 2 is 1.70 bits per heavy atom. The van der Waals surface area contributed by atoms with Crippen molar-refractivity contribution in [3.8, 4) is 0 Å². The first-order valence-electron chi connectivity index (χ1n) is 11.2. The van der Waals surface area contributed by atoms with E-state index in [1.165, 1.54) is 0 Å². The highest BCUT2D eigenvalue weighted by atomic mass is 16.5. The molecule has 4 aliphatic rings. The van der Waals surface area contributed by atoms with Gasteiger partial charge in [0, 0.05) is 70.0 Å². The third kappa shape index (κ3) is 3.78. The molecular weight excluding hydrogens is 384 g/mol. The number of morpholine rings is 1. The van der Waals surface area contributed by atoms with Gasteiger partial charge in [0.2, 0.25) is 5.91 Å². The normalized spacial score (nSPS) is 27.4. The molecule has 0 radical (unpaired) electrons. The number of nitrogens with zero attached hydrogens (tertiary/aromatic N) is 4. The lowest BCUT2D eigenvalue weighted by Crippen LogP contribution is -2.66. The molecule has 5 heterocycles. The highest BCUT2D eigenvalue weighted by Gasteiger charge is 2.47. The van der Waals surface area contributed by atoms with Gasteiger partial charge in [-0.05, 0) is 31.4 Å². The predicted octanol–water partition coefficient (Wildman–Crippen LogP) is 1.02. The summed E-state index contributed by atoms with van der Waals surface area (Å²) in [5.41, 5.74) is 0.639. The van der Waals surface area contributed by atoms with Crippen LogP contribution in [0.25, 0.3) is 0 Å². The molecule has 30 heavy (non-hydrogen) atoms. The molecular formula is C22H30N4O4. The van der Waals surface area contributed by atoms with E-state index >= 15 is 0 Å².